The van der Waals surface area contributed by atoms with Gasteiger partial charge < -0.3 is 10.2 Å². The van der Waals surface area contributed by atoms with E-state index in [2.05, 4.69) is 5.32 Å². The Kier molecular flexibility index (Phi) is 2.60. The number of anilines is 2. The number of carbonyl (C=O) groups is 1. The molecule has 1 N–H and O–H groups in total. The standard InChI is InChI=1S/C11H12FIN2O/c1-11(2)10(16)14-8-5-7(13)6(12)4-9(8)15(11)3/h4-5H,1-3H3,(H,14,16). The summed E-state index contributed by atoms with van der Waals surface area (Å²) in [4.78, 5) is 13.6. The molecule has 1 aliphatic rings. The molecule has 0 fully saturated rings. The van der Waals surface area contributed by atoms with Crippen molar-refractivity contribution in [1.82, 2.24) is 0 Å². The monoisotopic (exact) mass is 334 g/mol. The lowest BCUT2D eigenvalue weighted by atomic mass is 9.97. The van der Waals surface area contributed by atoms with Crippen molar-refractivity contribution in [2.75, 3.05) is 17.3 Å². The molecule has 16 heavy (non-hydrogen) atoms. The lowest BCUT2D eigenvalue weighted by Gasteiger charge is -2.41. The molecule has 1 aromatic carbocycles. The first-order chi connectivity index (χ1) is 7.34. The Hall–Kier alpha value is -0.850. The summed E-state index contributed by atoms with van der Waals surface area (Å²) in [5.41, 5.74) is 0.715. The van der Waals surface area contributed by atoms with Crippen molar-refractivity contribution in [3.05, 3.63) is 21.5 Å². The number of nitrogens with zero attached hydrogens (tertiary/aromatic N) is 1. The molecule has 0 radical (unpaired) electrons. The number of fused-ring (bicyclic) bond motifs is 1. The van der Waals surface area contributed by atoms with E-state index in [1.165, 1.54) is 6.07 Å². The third kappa shape index (κ3) is 1.57. The van der Waals surface area contributed by atoms with Crippen molar-refractivity contribution in [2.45, 2.75) is 19.4 Å². The van der Waals surface area contributed by atoms with Crippen molar-refractivity contribution in [2.24, 2.45) is 0 Å². The van der Waals surface area contributed by atoms with Crippen molar-refractivity contribution < 1.29 is 9.18 Å². The van der Waals surface area contributed by atoms with Crippen LogP contribution in [0.15, 0.2) is 12.1 Å². The smallest absolute Gasteiger partial charge is 0.249 e. The van der Waals surface area contributed by atoms with Gasteiger partial charge in [-0.15, -0.1) is 0 Å². The Morgan fingerprint density at radius 1 is 1.44 bits per heavy atom. The first-order valence-electron chi connectivity index (χ1n) is 4.88. The van der Waals surface area contributed by atoms with Gasteiger partial charge >= 0.3 is 0 Å². The molecule has 86 valence electrons. The molecule has 1 heterocycles. The highest BCUT2D eigenvalue weighted by Gasteiger charge is 2.38. The quantitative estimate of drug-likeness (QED) is 0.740. The van der Waals surface area contributed by atoms with Crippen LogP contribution >= 0.6 is 22.6 Å². The van der Waals surface area contributed by atoms with Gasteiger partial charge in [-0.3, -0.25) is 4.79 Å². The second-order valence-corrected chi connectivity index (χ2v) is 5.52. The topological polar surface area (TPSA) is 32.3 Å². The van der Waals surface area contributed by atoms with Crippen molar-refractivity contribution >= 4 is 39.9 Å². The van der Waals surface area contributed by atoms with Gasteiger partial charge in [0.25, 0.3) is 0 Å². The third-order valence-electron chi connectivity index (χ3n) is 3.04. The zero-order chi connectivity index (χ0) is 12.1. The van der Waals surface area contributed by atoms with Gasteiger partial charge in [-0.05, 0) is 42.5 Å². The maximum Gasteiger partial charge on any atom is 0.249 e. The van der Waals surface area contributed by atoms with E-state index in [0.717, 1.165) is 0 Å². The molecule has 0 unspecified atom stereocenters. The van der Waals surface area contributed by atoms with Crippen LogP contribution in [-0.4, -0.2) is 18.5 Å². The molecule has 0 aromatic heterocycles. The van der Waals surface area contributed by atoms with Gasteiger partial charge in [-0.1, -0.05) is 0 Å². The van der Waals surface area contributed by atoms with Crippen LogP contribution in [-0.2, 0) is 4.79 Å². The van der Waals surface area contributed by atoms with E-state index >= 15 is 0 Å². The number of carbonyl (C=O) groups excluding carboxylic acids is 1. The Morgan fingerprint density at radius 3 is 2.69 bits per heavy atom. The molecule has 2 rings (SSSR count). The molecule has 0 atom stereocenters. The van der Waals surface area contributed by atoms with Crippen molar-refractivity contribution in [3.8, 4) is 0 Å². The molecule has 1 amide bonds. The molecule has 3 nitrogen and oxygen atoms in total. The van der Waals surface area contributed by atoms with Crippen molar-refractivity contribution in [1.29, 1.82) is 0 Å². The minimum atomic E-state index is -0.660. The first kappa shape index (κ1) is 11.6. The zero-order valence-corrected chi connectivity index (χ0v) is 11.4. The fourth-order valence-electron chi connectivity index (χ4n) is 1.64. The molecule has 0 aliphatic carbocycles. The highest BCUT2D eigenvalue weighted by atomic mass is 127. The predicted molar refractivity (Wildman–Crippen MR) is 70.2 cm³/mol. The molecule has 0 saturated heterocycles. The van der Waals surface area contributed by atoms with Crippen LogP contribution in [0.2, 0.25) is 0 Å². The second-order valence-electron chi connectivity index (χ2n) is 4.36. The number of hydrogen-bond donors (Lipinski definition) is 1. The van der Waals surface area contributed by atoms with Gasteiger partial charge in [-0.2, -0.15) is 0 Å². The van der Waals surface area contributed by atoms with Gasteiger partial charge in [-0.25, -0.2) is 4.39 Å². The average Bonchev–Trinajstić information content (AvgIpc) is 2.20. The molecule has 1 aromatic rings. The Bertz CT molecular complexity index is 473. The van der Waals surface area contributed by atoms with E-state index in [-0.39, 0.29) is 11.7 Å². The lowest BCUT2D eigenvalue weighted by molar-refractivity contribution is -0.120. The van der Waals surface area contributed by atoms with E-state index < -0.39 is 5.54 Å². The number of nitrogens with one attached hydrogen (secondary N) is 1. The molecule has 1 aliphatic heterocycles. The highest BCUT2D eigenvalue weighted by Crippen LogP contribution is 2.37. The van der Waals surface area contributed by atoms with E-state index in [0.29, 0.717) is 14.9 Å². The summed E-state index contributed by atoms with van der Waals surface area (Å²) in [6.07, 6.45) is 0. The van der Waals surface area contributed by atoms with E-state index in [9.17, 15) is 9.18 Å². The van der Waals surface area contributed by atoms with Crippen LogP contribution in [0.1, 0.15) is 13.8 Å². The minimum Gasteiger partial charge on any atom is -0.359 e. The summed E-state index contributed by atoms with van der Waals surface area (Å²) in [6, 6.07) is 3.10. The molecule has 0 bridgehead atoms. The fraction of sp³-hybridized carbons (Fsp3) is 0.364. The lowest BCUT2D eigenvalue weighted by Crippen LogP contribution is -2.54. The summed E-state index contributed by atoms with van der Waals surface area (Å²) < 4.78 is 14.0. The average molecular weight is 334 g/mol. The summed E-state index contributed by atoms with van der Waals surface area (Å²) in [5, 5.41) is 2.80. The normalized spacial score (nSPS) is 18.1. The number of likely N-dealkylation sites (N-methyl/N-ethyl adjacent to an activating group) is 1. The van der Waals surface area contributed by atoms with Crippen molar-refractivity contribution in [3.63, 3.8) is 0 Å². The fourth-order valence-corrected chi connectivity index (χ4v) is 2.11. The largest absolute Gasteiger partial charge is 0.359 e. The molecular weight excluding hydrogens is 322 g/mol. The van der Waals surface area contributed by atoms with Crippen LogP contribution in [0.25, 0.3) is 0 Å². The zero-order valence-electron chi connectivity index (χ0n) is 9.27. The summed E-state index contributed by atoms with van der Waals surface area (Å²) in [6.45, 7) is 3.61. The highest BCUT2D eigenvalue weighted by molar-refractivity contribution is 14.1. The number of halogens is 2. The number of rotatable bonds is 0. The Balaban J connectivity index is 2.60. The SMILES string of the molecule is CN1c2cc(F)c(I)cc2NC(=O)C1(C)C. The van der Waals surface area contributed by atoms with Crippen LogP contribution < -0.4 is 10.2 Å². The van der Waals surface area contributed by atoms with Crippen LogP contribution in [0.5, 0.6) is 0 Å². The maximum atomic E-state index is 13.5. The van der Waals surface area contributed by atoms with Gasteiger partial charge in [0.05, 0.1) is 14.9 Å². The van der Waals surface area contributed by atoms with Crippen LogP contribution in [0.4, 0.5) is 15.8 Å². The van der Waals surface area contributed by atoms with Gasteiger partial charge in [0, 0.05) is 13.1 Å². The Labute approximate surface area is 107 Å². The number of amides is 1. The molecular formula is C11H12FIN2O. The summed E-state index contributed by atoms with van der Waals surface area (Å²) in [5.74, 6) is -0.344. The van der Waals surface area contributed by atoms with Crippen LogP contribution in [0, 0.1) is 9.39 Å². The first-order valence-corrected chi connectivity index (χ1v) is 5.96. The second kappa shape index (κ2) is 3.58. The molecule has 0 saturated carbocycles. The molecule has 5 heteroatoms. The van der Waals surface area contributed by atoms with E-state index in [4.69, 9.17) is 0 Å². The Morgan fingerprint density at radius 2 is 2.06 bits per heavy atom. The predicted octanol–water partition coefficient (Wildman–Crippen LogP) is 2.60. The third-order valence-corrected chi connectivity index (χ3v) is 3.87. The van der Waals surface area contributed by atoms with E-state index in [1.54, 1.807) is 31.9 Å². The number of benzene rings is 1. The van der Waals surface area contributed by atoms with Gasteiger partial charge in [0.1, 0.15) is 11.4 Å². The summed E-state index contributed by atoms with van der Waals surface area (Å²) in [7, 11) is 1.80. The van der Waals surface area contributed by atoms with E-state index in [1.807, 2.05) is 22.6 Å². The number of hydrogen-bond acceptors (Lipinski definition) is 2. The summed E-state index contributed by atoms with van der Waals surface area (Å²) >= 11 is 1.91. The maximum absolute atomic E-state index is 13.5. The minimum absolute atomic E-state index is 0.0788. The van der Waals surface area contributed by atoms with Crippen LogP contribution in [0.3, 0.4) is 0 Å². The van der Waals surface area contributed by atoms with Gasteiger partial charge in [0.15, 0.2) is 0 Å². The van der Waals surface area contributed by atoms with Gasteiger partial charge in [0.2, 0.25) is 5.91 Å². The molecule has 0 spiro atoms.